The normalized spacial score (nSPS) is 16.2. The fourth-order valence-electron chi connectivity index (χ4n) is 2.84. The second-order valence-corrected chi connectivity index (χ2v) is 6.14. The molecule has 0 spiro atoms. The quantitative estimate of drug-likeness (QED) is 0.786. The van der Waals surface area contributed by atoms with Gasteiger partial charge in [0.2, 0.25) is 5.95 Å². The van der Waals surface area contributed by atoms with Crippen LogP contribution in [-0.4, -0.2) is 20.2 Å². The average Bonchev–Trinajstić information content (AvgIpc) is 3.10. The molecule has 0 saturated heterocycles. The molecular weight excluding hydrogens is 322 g/mol. The Kier molecular flexibility index (Phi) is 3.78. The summed E-state index contributed by atoms with van der Waals surface area (Å²) >= 11 is 6.01. The third-order valence-corrected chi connectivity index (χ3v) is 4.46. The van der Waals surface area contributed by atoms with E-state index in [0.29, 0.717) is 11.0 Å². The predicted molar refractivity (Wildman–Crippen MR) is 94.8 cm³/mol. The molecule has 120 valence electrons. The Morgan fingerprint density at radius 1 is 1.08 bits per heavy atom. The van der Waals surface area contributed by atoms with Crippen LogP contribution in [0.25, 0.3) is 5.70 Å². The van der Waals surface area contributed by atoms with Crippen molar-refractivity contribution in [3.63, 3.8) is 0 Å². The first kappa shape index (κ1) is 14.9. The van der Waals surface area contributed by atoms with Crippen molar-refractivity contribution in [3.05, 3.63) is 76.3 Å². The number of tetrazole rings is 1. The first-order chi connectivity index (χ1) is 11.7. The Morgan fingerprint density at radius 3 is 2.54 bits per heavy atom. The SMILES string of the molecule is CCc1ccc(C2=C[C@H](c3ccc(Cl)cc3)n3nnnc3N2)cc1. The van der Waals surface area contributed by atoms with E-state index in [1.807, 2.05) is 24.3 Å². The fraction of sp³-hybridized carbons (Fsp3) is 0.167. The molecule has 0 unspecified atom stereocenters. The monoisotopic (exact) mass is 337 g/mol. The molecule has 1 N–H and O–H groups in total. The lowest BCUT2D eigenvalue weighted by molar-refractivity contribution is 0.586. The minimum Gasteiger partial charge on any atom is -0.323 e. The van der Waals surface area contributed by atoms with Gasteiger partial charge in [-0.25, -0.2) is 0 Å². The summed E-state index contributed by atoms with van der Waals surface area (Å²) in [4.78, 5) is 0. The highest BCUT2D eigenvalue weighted by molar-refractivity contribution is 6.30. The summed E-state index contributed by atoms with van der Waals surface area (Å²) < 4.78 is 1.77. The molecule has 0 bridgehead atoms. The van der Waals surface area contributed by atoms with E-state index in [2.05, 4.69) is 58.1 Å². The second kappa shape index (κ2) is 6.09. The summed E-state index contributed by atoms with van der Waals surface area (Å²) in [6, 6.07) is 16.2. The molecule has 6 heteroatoms. The maximum absolute atomic E-state index is 6.01. The van der Waals surface area contributed by atoms with Crippen LogP contribution in [0.15, 0.2) is 54.6 Å². The molecule has 0 saturated carbocycles. The molecule has 2 aromatic carbocycles. The Hall–Kier alpha value is -2.66. The van der Waals surface area contributed by atoms with Crippen LogP contribution in [0, 0.1) is 0 Å². The summed E-state index contributed by atoms with van der Waals surface area (Å²) in [7, 11) is 0. The molecule has 3 aromatic rings. The van der Waals surface area contributed by atoms with Crippen molar-refractivity contribution < 1.29 is 0 Å². The van der Waals surface area contributed by atoms with Crippen molar-refractivity contribution in [3.8, 4) is 0 Å². The highest BCUT2D eigenvalue weighted by Gasteiger charge is 2.24. The fourth-order valence-corrected chi connectivity index (χ4v) is 2.97. The van der Waals surface area contributed by atoms with Crippen LogP contribution < -0.4 is 5.32 Å². The van der Waals surface area contributed by atoms with E-state index in [1.54, 1.807) is 4.68 Å². The molecule has 0 radical (unpaired) electrons. The molecule has 24 heavy (non-hydrogen) atoms. The van der Waals surface area contributed by atoms with Crippen LogP contribution >= 0.6 is 11.6 Å². The van der Waals surface area contributed by atoms with Crippen LogP contribution in [0.4, 0.5) is 5.95 Å². The topological polar surface area (TPSA) is 55.6 Å². The Bertz CT molecular complexity index is 881. The van der Waals surface area contributed by atoms with Crippen molar-refractivity contribution >= 4 is 23.2 Å². The van der Waals surface area contributed by atoms with Gasteiger partial charge >= 0.3 is 0 Å². The standard InChI is InChI=1S/C18H16ClN5/c1-2-12-3-5-13(6-4-12)16-11-17(14-7-9-15(19)10-8-14)24-18(20-16)21-22-23-24/h3-11,17H,2H2,1H3,(H,20,21,23)/t17-/m1/s1. The number of hydrogen-bond donors (Lipinski definition) is 1. The number of anilines is 1. The number of rotatable bonds is 3. The smallest absolute Gasteiger partial charge is 0.248 e. The lowest BCUT2D eigenvalue weighted by Gasteiger charge is -2.23. The molecule has 1 aliphatic rings. The van der Waals surface area contributed by atoms with E-state index in [0.717, 1.165) is 23.2 Å². The molecule has 0 aliphatic carbocycles. The van der Waals surface area contributed by atoms with Crippen LogP contribution in [0.1, 0.15) is 29.7 Å². The number of hydrogen-bond acceptors (Lipinski definition) is 4. The van der Waals surface area contributed by atoms with Gasteiger partial charge in [-0.2, -0.15) is 4.68 Å². The number of allylic oxidation sites excluding steroid dienone is 1. The number of benzene rings is 2. The van der Waals surface area contributed by atoms with Gasteiger partial charge in [-0.05, 0) is 51.7 Å². The first-order valence-corrected chi connectivity index (χ1v) is 8.24. The number of nitrogens with zero attached hydrogens (tertiary/aromatic N) is 4. The number of fused-ring (bicyclic) bond motifs is 1. The van der Waals surface area contributed by atoms with E-state index in [1.165, 1.54) is 5.56 Å². The predicted octanol–water partition coefficient (Wildman–Crippen LogP) is 3.94. The van der Waals surface area contributed by atoms with E-state index in [9.17, 15) is 0 Å². The van der Waals surface area contributed by atoms with Gasteiger partial charge in [0.15, 0.2) is 0 Å². The van der Waals surface area contributed by atoms with Gasteiger partial charge in [0.25, 0.3) is 0 Å². The number of halogens is 1. The maximum atomic E-state index is 6.01. The first-order valence-electron chi connectivity index (χ1n) is 7.86. The summed E-state index contributed by atoms with van der Waals surface area (Å²) in [6.45, 7) is 2.15. The van der Waals surface area contributed by atoms with Crippen molar-refractivity contribution in [2.75, 3.05) is 5.32 Å². The molecule has 0 fully saturated rings. The third-order valence-electron chi connectivity index (χ3n) is 4.21. The zero-order valence-electron chi connectivity index (χ0n) is 13.1. The van der Waals surface area contributed by atoms with Crippen molar-refractivity contribution in [2.24, 2.45) is 0 Å². The van der Waals surface area contributed by atoms with Gasteiger partial charge in [0.1, 0.15) is 6.04 Å². The lowest BCUT2D eigenvalue weighted by Crippen LogP contribution is -2.20. The summed E-state index contributed by atoms with van der Waals surface area (Å²) in [6.07, 6.45) is 3.16. The van der Waals surface area contributed by atoms with Crippen molar-refractivity contribution in [2.45, 2.75) is 19.4 Å². The van der Waals surface area contributed by atoms with E-state index >= 15 is 0 Å². The number of aromatic nitrogens is 4. The summed E-state index contributed by atoms with van der Waals surface area (Å²) in [5.74, 6) is 0.631. The number of aryl methyl sites for hydroxylation is 1. The Balaban J connectivity index is 1.76. The minimum atomic E-state index is -0.0747. The van der Waals surface area contributed by atoms with Crippen LogP contribution in [0.2, 0.25) is 5.02 Å². The second-order valence-electron chi connectivity index (χ2n) is 5.70. The van der Waals surface area contributed by atoms with Gasteiger partial charge in [-0.3, -0.25) is 0 Å². The van der Waals surface area contributed by atoms with Gasteiger partial charge < -0.3 is 5.32 Å². The van der Waals surface area contributed by atoms with Gasteiger partial charge in [-0.1, -0.05) is 60.0 Å². The molecule has 1 aliphatic heterocycles. The minimum absolute atomic E-state index is 0.0747. The zero-order valence-corrected chi connectivity index (χ0v) is 13.9. The molecule has 1 atom stereocenters. The molecule has 4 rings (SSSR count). The molecular formula is C18H16ClN5. The van der Waals surface area contributed by atoms with Gasteiger partial charge in [-0.15, -0.1) is 0 Å². The maximum Gasteiger partial charge on any atom is 0.248 e. The van der Waals surface area contributed by atoms with Crippen LogP contribution in [0.5, 0.6) is 0 Å². The Labute approximate surface area is 145 Å². The van der Waals surface area contributed by atoms with E-state index in [4.69, 9.17) is 11.6 Å². The summed E-state index contributed by atoms with van der Waals surface area (Å²) in [5, 5.41) is 16.0. The largest absolute Gasteiger partial charge is 0.323 e. The lowest BCUT2D eigenvalue weighted by atomic mass is 10.0. The number of nitrogens with one attached hydrogen (secondary N) is 1. The van der Waals surface area contributed by atoms with Crippen molar-refractivity contribution in [1.82, 2.24) is 20.2 Å². The highest BCUT2D eigenvalue weighted by atomic mass is 35.5. The molecule has 2 heterocycles. The van der Waals surface area contributed by atoms with Crippen LogP contribution in [-0.2, 0) is 6.42 Å². The van der Waals surface area contributed by atoms with Gasteiger partial charge in [0, 0.05) is 10.7 Å². The van der Waals surface area contributed by atoms with E-state index in [-0.39, 0.29) is 6.04 Å². The molecule has 1 aromatic heterocycles. The Morgan fingerprint density at radius 2 is 1.83 bits per heavy atom. The zero-order chi connectivity index (χ0) is 16.5. The molecule has 5 nitrogen and oxygen atoms in total. The third kappa shape index (κ3) is 2.67. The molecule has 0 amide bonds. The van der Waals surface area contributed by atoms with Gasteiger partial charge in [0.05, 0.1) is 0 Å². The van der Waals surface area contributed by atoms with Crippen LogP contribution in [0.3, 0.4) is 0 Å². The van der Waals surface area contributed by atoms with Crippen molar-refractivity contribution in [1.29, 1.82) is 0 Å². The highest BCUT2D eigenvalue weighted by Crippen LogP contribution is 2.32. The van der Waals surface area contributed by atoms with E-state index < -0.39 is 0 Å². The average molecular weight is 338 g/mol. The summed E-state index contributed by atoms with van der Waals surface area (Å²) in [5.41, 5.74) is 4.51.